The number of carbonyl (C=O) groups excluding carboxylic acids is 4. The maximum atomic E-state index is 14.3. The van der Waals surface area contributed by atoms with E-state index in [0.29, 0.717) is 37.2 Å². The van der Waals surface area contributed by atoms with Gasteiger partial charge >= 0.3 is 12.1 Å². The van der Waals surface area contributed by atoms with E-state index in [1.54, 1.807) is 52.1 Å². The Morgan fingerprint density at radius 1 is 1.04 bits per heavy atom. The SMILES string of the molecule is CC[C@H](C)[C@H](NC(=O)C1CCCCN1C(=O)OC(C)(C)C)C(=O)N(C)[C@H](C[C@@H](OC)c1nc(C(=O)N[C@@H](Cc2ccccc2)C[C@H](C)C(=O)O)cs1)C(C)C. The summed E-state index contributed by atoms with van der Waals surface area (Å²) in [5, 5.41) is 17.8. The lowest BCUT2D eigenvalue weighted by Gasteiger charge is -2.39. The van der Waals surface area contributed by atoms with Gasteiger partial charge in [0.05, 0.1) is 5.92 Å². The van der Waals surface area contributed by atoms with Crippen molar-refractivity contribution in [3.05, 3.63) is 52.0 Å². The van der Waals surface area contributed by atoms with Crippen molar-refractivity contribution in [1.29, 1.82) is 0 Å². The Morgan fingerprint density at radius 3 is 2.29 bits per heavy atom. The molecule has 3 rings (SSSR count). The molecule has 1 fully saturated rings. The molecular formula is C41H63N5O8S. The fraction of sp³-hybridized carbons (Fsp3) is 0.659. The van der Waals surface area contributed by atoms with Gasteiger partial charge in [-0.05, 0) is 70.3 Å². The molecule has 55 heavy (non-hydrogen) atoms. The maximum absolute atomic E-state index is 14.3. The molecule has 7 atom stereocenters. The van der Waals surface area contributed by atoms with E-state index in [1.165, 1.54) is 16.2 Å². The standard InChI is InChI=1S/C41H63N5O8S/c1-11-26(4)34(44-36(48)31-19-15-16-20-46(31)40(52)54-41(6,7)8)38(49)45(9)32(25(2)3)23-33(53-10)37-43-30(24-55-37)35(47)42-29(21-27(5)39(50)51)22-28-17-13-12-14-18-28/h12-14,17-18,24-27,29,31-34H,11,15-16,19-23H2,1-10H3,(H,42,47)(H,44,48)(H,50,51)/t26-,27-,29+,31?,32+,33+,34-/m0/s1. The molecule has 0 aliphatic carbocycles. The monoisotopic (exact) mass is 785 g/mol. The molecule has 4 amide bonds. The summed E-state index contributed by atoms with van der Waals surface area (Å²) < 4.78 is 11.5. The van der Waals surface area contributed by atoms with Gasteiger partial charge in [-0.1, -0.05) is 71.4 Å². The molecule has 2 heterocycles. The minimum absolute atomic E-state index is 0.00131. The van der Waals surface area contributed by atoms with Crippen LogP contribution in [-0.2, 0) is 30.3 Å². The third-order valence-electron chi connectivity index (χ3n) is 10.3. The quantitative estimate of drug-likeness (QED) is 0.153. The van der Waals surface area contributed by atoms with Gasteiger partial charge in [0.25, 0.3) is 5.91 Å². The molecule has 306 valence electrons. The summed E-state index contributed by atoms with van der Waals surface area (Å²) in [6, 6.07) is 7.29. The molecule has 1 unspecified atom stereocenters. The number of carbonyl (C=O) groups is 5. The van der Waals surface area contributed by atoms with Crippen LogP contribution < -0.4 is 10.6 Å². The number of rotatable bonds is 18. The summed E-state index contributed by atoms with van der Waals surface area (Å²) in [5.74, 6) is -2.79. The van der Waals surface area contributed by atoms with Gasteiger partial charge in [-0.25, -0.2) is 9.78 Å². The number of carboxylic acids is 1. The van der Waals surface area contributed by atoms with Crippen molar-refractivity contribution >= 4 is 41.1 Å². The van der Waals surface area contributed by atoms with Gasteiger partial charge in [0, 0.05) is 44.6 Å². The van der Waals surface area contributed by atoms with Gasteiger partial charge in [-0.3, -0.25) is 24.1 Å². The molecule has 2 aromatic rings. The van der Waals surface area contributed by atoms with Crippen LogP contribution in [0.3, 0.4) is 0 Å². The van der Waals surface area contributed by atoms with Gasteiger partial charge in [0.2, 0.25) is 11.8 Å². The summed E-state index contributed by atoms with van der Waals surface area (Å²) in [4.78, 5) is 74.1. The lowest BCUT2D eigenvalue weighted by atomic mass is 9.92. The van der Waals surface area contributed by atoms with Crippen LogP contribution in [0.15, 0.2) is 35.7 Å². The van der Waals surface area contributed by atoms with Crippen molar-refractivity contribution in [3.8, 4) is 0 Å². The van der Waals surface area contributed by atoms with E-state index < -0.39 is 53.7 Å². The first-order valence-electron chi connectivity index (χ1n) is 19.5. The van der Waals surface area contributed by atoms with E-state index in [4.69, 9.17) is 9.47 Å². The first-order chi connectivity index (χ1) is 25.9. The molecule has 1 aliphatic heterocycles. The van der Waals surface area contributed by atoms with Crippen LogP contribution in [0.4, 0.5) is 4.79 Å². The third kappa shape index (κ3) is 13.3. The van der Waals surface area contributed by atoms with Crippen molar-refractivity contribution in [1.82, 2.24) is 25.4 Å². The smallest absolute Gasteiger partial charge is 0.410 e. The van der Waals surface area contributed by atoms with E-state index >= 15 is 0 Å². The number of likely N-dealkylation sites (N-methyl/N-ethyl adjacent to an activating group) is 1. The Kier molecular flexibility index (Phi) is 17.1. The molecule has 1 aliphatic rings. The Hall–Kier alpha value is -4.04. The van der Waals surface area contributed by atoms with Crippen LogP contribution in [0.2, 0.25) is 0 Å². The Bertz CT molecular complexity index is 1580. The van der Waals surface area contributed by atoms with Crippen LogP contribution in [0, 0.1) is 17.8 Å². The second kappa shape index (κ2) is 20.8. The topological polar surface area (TPSA) is 167 Å². The number of thiazole rings is 1. The van der Waals surface area contributed by atoms with E-state index in [1.807, 2.05) is 58.0 Å². The number of likely N-dealkylation sites (tertiary alicyclic amines) is 1. The van der Waals surface area contributed by atoms with E-state index in [0.717, 1.165) is 18.4 Å². The highest BCUT2D eigenvalue weighted by molar-refractivity contribution is 7.09. The number of aromatic nitrogens is 1. The number of amides is 4. The Labute approximate surface area is 330 Å². The lowest BCUT2D eigenvalue weighted by molar-refractivity contribution is -0.141. The van der Waals surface area contributed by atoms with Crippen LogP contribution >= 0.6 is 11.3 Å². The zero-order chi connectivity index (χ0) is 41.0. The number of ether oxygens (including phenoxy) is 2. The minimum atomic E-state index is -0.929. The van der Waals surface area contributed by atoms with Crippen molar-refractivity contribution < 1.29 is 38.6 Å². The van der Waals surface area contributed by atoms with Gasteiger partial charge in [0.1, 0.15) is 34.5 Å². The highest BCUT2D eigenvalue weighted by atomic mass is 32.1. The number of nitrogens with one attached hydrogen (secondary N) is 2. The summed E-state index contributed by atoms with van der Waals surface area (Å²) >= 11 is 1.29. The zero-order valence-corrected chi connectivity index (χ0v) is 35.1. The van der Waals surface area contributed by atoms with Gasteiger partial charge in [-0.2, -0.15) is 0 Å². The molecule has 1 saturated heterocycles. The summed E-state index contributed by atoms with van der Waals surface area (Å²) in [6.45, 7) is 15.3. The predicted octanol–water partition coefficient (Wildman–Crippen LogP) is 6.48. The number of piperidine rings is 1. The zero-order valence-electron chi connectivity index (χ0n) is 34.3. The predicted molar refractivity (Wildman–Crippen MR) is 213 cm³/mol. The number of methoxy groups -OCH3 is 1. The number of aliphatic carboxylic acids is 1. The summed E-state index contributed by atoms with van der Waals surface area (Å²) in [6.07, 6.45) is 2.70. The van der Waals surface area contributed by atoms with Gasteiger partial charge in [0.15, 0.2) is 0 Å². The first kappa shape index (κ1) is 45.4. The fourth-order valence-corrected chi connectivity index (χ4v) is 7.76. The van der Waals surface area contributed by atoms with Crippen LogP contribution in [0.1, 0.15) is 121 Å². The third-order valence-corrected chi connectivity index (χ3v) is 11.3. The molecular weight excluding hydrogens is 723 g/mol. The van der Waals surface area contributed by atoms with Gasteiger partial charge < -0.3 is 30.1 Å². The fourth-order valence-electron chi connectivity index (χ4n) is 6.87. The van der Waals surface area contributed by atoms with Crippen molar-refractivity contribution in [2.45, 2.75) is 136 Å². The van der Waals surface area contributed by atoms with E-state index in [9.17, 15) is 29.1 Å². The molecule has 1 aromatic heterocycles. The van der Waals surface area contributed by atoms with Gasteiger partial charge in [-0.15, -0.1) is 11.3 Å². The summed E-state index contributed by atoms with van der Waals surface area (Å²) in [7, 11) is 3.30. The average molecular weight is 786 g/mol. The van der Waals surface area contributed by atoms with E-state index in [2.05, 4.69) is 15.6 Å². The minimum Gasteiger partial charge on any atom is -0.481 e. The van der Waals surface area contributed by atoms with Crippen molar-refractivity contribution in [3.63, 3.8) is 0 Å². The van der Waals surface area contributed by atoms with Crippen LogP contribution in [0.5, 0.6) is 0 Å². The van der Waals surface area contributed by atoms with Crippen LogP contribution in [-0.4, -0.2) is 100 Å². The maximum Gasteiger partial charge on any atom is 0.410 e. The number of carboxylic acid groups (broad SMARTS) is 1. The molecule has 0 spiro atoms. The number of hydrogen-bond acceptors (Lipinski definition) is 9. The number of benzene rings is 1. The van der Waals surface area contributed by atoms with Crippen LogP contribution in [0.25, 0.3) is 0 Å². The highest BCUT2D eigenvalue weighted by Crippen LogP contribution is 2.31. The normalized spacial score (nSPS) is 18.0. The summed E-state index contributed by atoms with van der Waals surface area (Å²) in [5.41, 5.74) is 0.477. The average Bonchev–Trinajstić information content (AvgIpc) is 3.63. The molecule has 14 heteroatoms. The molecule has 0 radical (unpaired) electrons. The lowest BCUT2D eigenvalue weighted by Crippen LogP contribution is -2.59. The Balaban J connectivity index is 1.77. The molecule has 0 saturated carbocycles. The second-order valence-electron chi connectivity index (χ2n) is 16.2. The number of hydrogen-bond donors (Lipinski definition) is 3. The van der Waals surface area contributed by atoms with E-state index in [-0.39, 0.29) is 41.8 Å². The van der Waals surface area contributed by atoms with Crippen molar-refractivity contribution in [2.75, 3.05) is 20.7 Å². The highest BCUT2D eigenvalue weighted by Gasteiger charge is 2.39. The Morgan fingerprint density at radius 2 is 1.71 bits per heavy atom. The molecule has 13 nitrogen and oxygen atoms in total. The van der Waals surface area contributed by atoms with Crippen molar-refractivity contribution in [2.24, 2.45) is 17.8 Å². The largest absolute Gasteiger partial charge is 0.481 e. The second-order valence-corrected chi connectivity index (χ2v) is 17.1. The molecule has 3 N–H and O–H groups in total. The number of nitrogens with zero attached hydrogens (tertiary/aromatic N) is 3. The molecule has 1 aromatic carbocycles. The molecule has 0 bridgehead atoms. The first-order valence-corrected chi connectivity index (χ1v) is 20.4.